The number of benzene rings is 2. The Balaban J connectivity index is 1.78. The minimum atomic E-state index is 0.618. The normalized spacial score (nSPS) is 10.5. The quantitative estimate of drug-likeness (QED) is 0.749. The molecule has 0 radical (unpaired) electrons. The second-order valence-corrected chi connectivity index (χ2v) is 5.09. The number of nitrogens with zero attached hydrogens (tertiary/aromatic N) is 1. The van der Waals surface area contributed by atoms with E-state index in [0.717, 1.165) is 30.3 Å². The summed E-state index contributed by atoms with van der Waals surface area (Å²) in [5, 5.41) is 0. The van der Waals surface area contributed by atoms with Gasteiger partial charge in [0.25, 0.3) is 0 Å². The molecule has 0 heterocycles. The molecule has 0 bridgehead atoms. The fourth-order valence-electron chi connectivity index (χ4n) is 2.17. The summed E-state index contributed by atoms with van der Waals surface area (Å²) in [6, 6.07) is 15.8. The first-order valence-electron chi connectivity index (χ1n) is 7.30. The summed E-state index contributed by atoms with van der Waals surface area (Å²) >= 11 is 0. The number of likely N-dealkylation sites (N-methyl/N-ethyl adjacent to an activating group) is 1. The molecule has 2 rings (SSSR count). The highest BCUT2D eigenvalue weighted by molar-refractivity contribution is 5.39. The van der Waals surface area contributed by atoms with Crippen LogP contribution in [0.5, 0.6) is 17.2 Å². The van der Waals surface area contributed by atoms with Crippen molar-refractivity contribution >= 4 is 0 Å². The Kier molecular flexibility index (Phi) is 6.10. The van der Waals surface area contributed by atoms with E-state index in [1.807, 2.05) is 36.4 Å². The smallest absolute Gasteiger partial charge is 0.161 e. The van der Waals surface area contributed by atoms with Crippen LogP contribution < -0.4 is 14.2 Å². The Morgan fingerprint density at radius 1 is 0.864 bits per heavy atom. The Hall–Kier alpha value is -2.20. The molecule has 0 aliphatic carbocycles. The van der Waals surface area contributed by atoms with Gasteiger partial charge in [0.15, 0.2) is 11.5 Å². The van der Waals surface area contributed by atoms with Crippen molar-refractivity contribution in [1.82, 2.24) is 4.90 Å². The Bertz CT molecular complexity index is 569. The molecule has 0 amide bonds. The zero-order chi connectivity index (χ0) is 15.8. The predicted molar refractivity (Wildman–Crippen MR) is 87.8 cm³/mol. The lowest BCUT2D eigenvalue weighted by Crippen LogP contribution is -2.23. The molecule has 0 aromatic heterocycles. The molecule has 0 fully saturated rings. The highest BCUT2D eigenvalue weighted by Gasteiger charge is 2.04. The Morgan fingerprint density at radius 2 is 1.55 bits per heavy atom. The van der Waals surface area contributed by atoms with Crippen molar-refractivity contribution in [3.63, 3.8) is 0 Å². The largest absolute Gasteiger partial charge is 0.497 e. The molecule has 22 heavy (non-hydrogen) atoms. The third kappa shape index (κ3) is 4.67. The van der Waals surface area contributed by atoms with Crippen LogP contribution in [0.1, 0.15) is 5.56 Å². The molecular formula is C18H23NO3. The highest BCUT2D eigenvalue weighted by atomic mass is 16.5. The molecular weight excluding hydrogens is 278 g/mol. The molecule has 118 valence electrons. The lowest BCUT2D eigenvalue weighted by Gasteiger charge is -2.18. The standard InChI is InChI=1S/C18H23NO3/c1-19(14-15-8-10-16(20-2)11-9-15)12-13-22-18-7-5-4-6-17(18)21-3/h4-11H,12-14H2,1-3H3. The molecule has 0 saturated heterocycles. The van der Waals surface area contributed by atoms with Crippen LogP contribution in [0.4, 0.5) is 0 Å². The van der Waals surface area contributed by atoms with Crippen molar-refractivity contribution in [3.05, 3.63) is 54.1 Å². The van der Waals surface area contributed by atoms with E-state index in [2.05, 4.69) is 24.1 Å². The Morgan fingerprint density at radius 3 is 2.18 bits per heavy atom. The van der Waals surface area contributed by atoms with E-state index >= 15 is 0 Å². The van der Waals surface area contributed by atoms with E-state index in [-0.39, 0.29) is 0 Å². The molecule has 4 nitrogen and oxygen atoms in total. The molecule has 0 unspecified atom stereocenters. The molecule has 2 aromatic rings. The SMILES string of the molecule is COc1ccc(CN(C)CCOc2ccccc2OC)cc1. The van der Waals surface area contributed by atoms with Gasteiger partial charge >= 0.3 is 0 Å². The summed E-state index contributed by atoms with van der Waals surface area (Å²) in [7, 11) is 5.41. The predicted octanol–water partition coefficient (Wildman–Crippen LogP) is 3.21. The van der Waals surface area contributed by atoms with Crippen LogP contribution in [0, 0.1) is 0 Å². The van der Waals surface area contributed by atoms with Crippen molar-refractivity contribution in [2.24, 2.45) is 0 Å². The van der Waals surface area contributed by atoms with Crippen LogP contribution in [0.25, 0.3) is 0 Å². The second kappa shape index (κ2) is 8.29. The summed E-state index contributed by atoms with van der Waals surface area (Å²) in [5.41, 5.74) is 1.25. The van der Waals surface area contributed by atoms with E-state index in [0.29, 0.717) is 6.61 Å². The first-order chi connectivity index (χ1) is 10.7. The van der Waals surface area contributed by atoms with Crippen molar-refractivity contribution in [1.29, 1.82) is 0 Å². The highest BCUT2D eigenvalue weighted by Crippen LogP contribution is 2.25. The van der Waals surface area contributed by atoms with Gasteiger partial charge in [-0.3, -0.25) is 4.90 Å². The maximum absolute atomic E-state index is 5.79. The van der Waals surface area contributed by atoms with E-state index in [1.165, 1.54) is 5.56 Å². The summed E-state index contributed by atoms with van der Waals surface area (Å²) in [6.45, 7) is 2.33. The van der Waals surface area contributed by atoms with Gasteiger partial charge in [-0.2, -0.15) is 0 Å². The first-order valence-corrected chi connectivity index (χ1v) is 7.30. The summed E-state index contributed by atoms with van der Waals surface area (Å²) in [5.74, 6) is 2.43. The van der Waals surface area contributed by atoms with Gasteiger partial charge in [-0.1, -0.05) is 24.3 Å². The minimum Gasteiger partial charge on any atom is -0.497 e. The summed E-state index contributed by atoms with van der Waals surface area (Å²) < 4.78 is 16.2. The van der Waals surface area contributed by atoms with Gasteiger partial charge in [-0.15, -0.1) is 0 Å². The molecule has 2 aromatic carbocycles. The monoisotopic (exact) mass is 301 g/mol. The van der Waals surface area contributed by atoms with E-state index < -0.39 is 0 Å². The van der Waals surface area contributed by atoms with Crippen LogP contribution in [0.15, 0.2) is 48.5 Å². The Labute approximate surface area is 132 Å². The molecule has 0 aliphatic heterocycles. The van der Waals surface area contributed by atoms with Crippen LogP contribution in [-0.2, 0) is 6.54 Å². The molecule has 0 saturated carbocycles. The van der Waals surface area contributed by atoms with Gasteiger partial charge in [0.1, 0.15) is 12.4 Å². The van der Waals surface area contributed by atoms with Gasteiger partial charge in [0, 0.05) is 13.1 Å². The number of para-hydroxylation sites is 2. The van der Waals surface area contributed by atoms with Gasteiger partial charge in [-0.05, 0) is 36.9 Å². The number of methoxy groups -OCH3 is 2. The number of hydrogen-bond acceptors (Lipinski definition) is 4. The first kappa shape index (κ1) is 16.2. The fraction of sp³-hybridized carbons (Fsp3) is 0.333. The average Bonchev–Trinajstić information content (AvgIpc) is 2.56. The number of ether oxygens (including phenoxy) is 3. The third-order valence-electron chi connectivity index (χ3n) is 3.41. The van der Waals surface area contributed by atoms with E-state index in [4.69, 9.17) is 14.2 Å². The van der Waals surface area contributed by atoms with Crippen LogP contribution in [0.2, 0.25) is 0 Å². The molecule has 0 N–H and O–H groups in total. The molecule has 0 aliphatic rings. The molecule has 0 spiro atoms. The lowest BCUT2D eigenvalue weighted by molar-refractivity contribution is 0.226. The maximum Gasteiger partial charge on any atom is 0.161 e. The topological polar surface area (TPSA) is 30.9 Å². The lowest BCUT2D eigenvalue weighted by atomic mass is 10.2. The van der Waals surface area contributed by atoms with Crippen LogP contribution in [-0.4, -0.2) is 39.3 Å². The van der Waals surface area contributed by atoms with Crippen molar-refractivity contribution in [3.8, 4) is 17.2 Å². The van der Waals surface area contributed by atoms with Gasteiger partial charge in [-0.25, -0.2) is 0 Å². The molecule has 0 atom stereocenters. The van der Waals surface area contributed by atoms with Crippen LogP contribution >= 0.6 is 0 Å². The third-order valence-corrected chi connectivity index (χ3v) is 3.41. The second-order valence-electron chi connectivity index (χ2n) is 5.09. The zero-order valence-corrected chi connectivity index (χ0v) is 13.4. The average molecular weight is 301 g/mol. The maximum atomic E-state index is 5.79. The van der Waals surface area contributed by atoms with Crippen molar-refractivity contribution < 1.29 is 14.2 Å². The van der Waals surface area contributed by atoms with Gasteiger partial charge in [0.2, 0.25) is 0 Å². The van der Waals surface area contributed by atoms with Crippen molar-refractivity contribution in [2.75, 3.05) is 34.4 Å². The van der Waals surface area contributed by atoms with E-state index in [9.17, 15) is 0 Å². The number of rotatable bonds is 8. The van der Waals surface area contributed by atoms with Gasteiger partial charge < -0.3 is 14.2 Å². The summed E-state index contributed by atoms with van der Waals surface area (Å²) in [6.07, 6.45) is 0. The molecule has 4 heteroatoms. The minimum absolute atomic E-state index is 0.618. The van der Waals surface area contributed by atoms with Crippen LogP contribution in [0.3, 0.4) is 0 Å². The van der Waals surface area contributed by atoms with Crippen molar-refractivity contribution in [2.45, 2.75) is 6.54 Å². The van der Waals surface area contributed by atoms with E-state index in [1.54, 1.807) is 14.2 Å². The zero-order valence-electron chi connectivity index (χ0n) is 13.4. The number of hydrogen-bond donors (Lipinski definition) is 0. The summed E-state index contributed by atoms with van der Waals surface area (Å²) in [4.78, 5) is 2.22. The fourth-order valence-corrected chi connectivity index (χ4v) is 2.17. The van der Waals surface area contributed by atoms with Gasteiger partial charge in [0.05, 0.1) is 14.2 Å².